The van der Waals surface area contributed by atoms with Crippen molar-refractivity contribution < 1.29 is 9.90 Å². The summed E-state index contributed by atoms with van der Waals surface area (Å²) in [6, 6.07) is 3.92. The van der Waals surface area contributed by atoms with Crippen LogP contribution >= 0.6 is 22.7 Å². The number of aryl methyl sites for hydroxylation is 2. The lowest BCUT2D eigenvalue weighted by Crippen LogP contribution is -2.27. The molecule has 0 saturated heterocycles. The van der Waals surface area contributed by atoms with E-state index >= 15 is 0 Å². The van der Waals surface area contributed by atoms with Gasteiger partial charge in [-0.3, -0.25) is 14.2 Å². The van der Waals surface area contributed by atoms with Gasteiger partial charge in [-0.1, -0.05) is 13.0 Å². The molecule has 114 valence electrons. The van der Waals surface area contributed by atoms with Gasteiger partial charge in [-0.2, -0.15) is 0 Å². The van der Waals surface area contributed by atoms with Gasteiger partial charge in [0.1, 0.15) is 17.2 Å². The molecule has 0 bridgehead atoms. The molecule has 5 nitrogen and oxygen atoms in total. The maximum absolute atomic E-state index is 12.8. The first-order valence-corrected chi connectivity index (χ1v) is 8.51. The van der Waals surface area contributed by atoms with Gasteiger partial charge in [0, 0.05) is 15.3 Å². The average molecular weight is 334 g/mol. The lowest BCUT2D eigenvalue weighted by molar-refractivity contribution is -0.137. The van der Waals surface area contributed by atoms with E-state index in [4.69, 9.17) is 5.11 Å². The molecule has 0 aliphatic heterocycles. The van der Waals surface area contributed by atoms with Crippen molar-refractivity contribution >= 4 is 38.9 Å². The average Bonchev–Trinajstić information content (AvgIpc) is 3.09. The number of aliphatic carboxylic acids is 1. The predicted octanol–water partition coefficient (Wildman–Crippen LogP) is 3.14. The van der Waals surface area contributed by atoms with Gasteiger partial charge in [-0.25, -0.2) is 4.98 Å². The second-order valence-corrected chi connectivity index (χ2v) is 6.89. The van der Waals surface area contributed by atoms with Gasteiger partial charge in [0.05, 0.1) is 5.39 Å². The van der Waals surface area contributed by atoms with E-state index in [-0.39, 0.29) is 12.1 Å². The van der Waals surface area contributed by atoms with Crippen molar-refractivity contribution in [2.75, 3.05) is 0 Å². The fourth-order valence-electron chi connectivity index (χ4n) is 2.48. The Balaban J connectivity index is 2.39. The highest BCUT2D eigenvalue weighted by molar-refractivity contribution is 7.20. The molecule has 0 aliphatic carbocycles. The van der Waals surface area contributed by atoms with Crippen LogP contribution in [-0.4, -0.2) is 20.6 Å². The van der Waals surface area contributed by atoms with Crippen LogP contribution < -0.4 is 5.56 Å². The van der Waals surface area contributed by atoms with Crippen LogP contribution in [0.1, 0.15) is 17.6 Å². The number of carboxylic acids is 1. The van der Waals surface area contributed by atoms with Gasteiger partial charge in [-0.15, -0.1) is 22.7 Å². The Morgan fingerprint density at radius 1 is 1.45 bits per heavy atom. The number of carboxylic acid groups (broad SMARTS) is 1. The highest BCUT2D eigenvalue weighted by Gasteiger charge is 2.20. The molecule has 1 N–H and O–H groups in total. The number of thiophene rings is 2. The van der Waals surface area contributed by atoms with Gasteiger partial charge in [0.25, 0.3) is 5.56 Å². The van der Waals surface area contributed by atoms with E-state index in [2.05, 4.69) is 4.98 Å². The number of nitrogens with zero attached hydrogens (tertiary/aromatic N) is 2. The largest absolute Gasteiger partial charge is 0.480 e. The molecule has 3 aromatic heterocycles. The molecule has 3 heterocycles. The van der Waals surface area contributed by atoms with E-state index in [1.165, 1.54) is 15.9 Å². The molecule has 0 spiro atoms. The van der Waals surface area contributed by atoms with Crippen molar-refractivity contribution in [2.45, 2.75) is 26.8 Å². The Morgan fingerprint density at radius 3 is 2.82 bits per heavy atom. The summed E-state index contributed by atoms with van der Waals surface area (Å²) in [5.41, 5.74) is 0.637. The number of carbonyl (C=O) groups is 1. The zero-order chi connectivity index (χ0) is 15.9. The second-order valence-electron chi connectivity index (χ2n) is 4.86. The van der Waals surface area contributed by atoms with Crippen molar-refractivity contribution in [3.8, 4) is 10.4 Å². The number of fused-ring (bicyclic) bond motifs is 1. The number of aromatic nitrogens is 2. The lowest BCUT2D eigenvalue weighted by atomic mass is 10.1. The summed E-state index contributed by atoms with van der Waals surface area (Å²) >= 11 is 3.08. The topological polar surface area (TPSA) is 72.2 Å². The van der Waals surface area contributed by atoms with E-state index in [1.54, 1.807) is 18.3 Å². The summed E-state index contributed by atoms with van der Waals surface area (Å²) in [5.74, 6) is -0.614. The van der Waals surface area contributed by atoms with Crippen LogP contribution in [0.5, 0.6) is 0 Å². The summed E-state index contributed by atoms with van der Waals surface area (Å²) in [7, 11) is 0. The van der Waals surface area contributed by atoms with E-state index in [0.29, 0.717) is 16.0 Å². The molecule has 3 aromatic rings. The zero-order valence-corrected chi connectivity index (χ0v) is 13.8. The van der Waals surface area contributed by atoms with Crippen LogP contribution in [0.4, 0.5) is 0 Å². The Kier molecular flexibility index (Phi) is 3.84. The van der Waals surface area contributed by atoms with Crippen LogP contribution in [0.15, 0.2) is 22.3 Å². The van der Waals surface area contributed by atoms with Crippen LogP contribution in [0.3, 0.4) is 0 Å². The third-order valence-corrected chi connectivity index (χ3v) is 5.57. The van der Waals surface area contributed by atoms with E-state index < -0.39 is 5.97 Å². The highest BCUT2D eigenvalue weighted by Crippen LogP contribution is 2.38. The maximum atomic E-state index is 12.8. The third kappa shape index (κ3) is 2.36. The highest BCUT2D eigenvalue weighted by atomic mass is 32.1. The van der Waals surface area contributed by atoms with Crippen molar-refractivity contribution in [2.24, 2.45) is 0 Å². The van der Waals surface area contributed by atoms with Gasteiger partial charge in [0.2, 0.25) is 0 Å². The minimum atomic E-state index is -1.05. The maximum Gasteiger partial charge on any atom is 0.323 e. The molecule has 7 heteroatoms. The molecule has 22 heavy (non-hydrogen) atoms. The molecule has 0 fully saturated rings. The summed E-state index contributed by atoms with van der Waals surface area (Å²) in [6.07, 6.45) is 0.811. The SMILES string of the molecule is CCc1sc2nc(C)n(CC(=O)O)c(=O)c2c1-c1cccs1. The first-order valence-electron chi connectivity index (χ1n) is 6.81. The molecule has 0 unspecified atom stereocenters. The Bertz CT molecular complexity index is 907. The standard InChI is InChI=1S/C15H14N2O3S2/c1-3-9-12(10-5-4-6-21-10)13-14(22-9)16-8(2)17(15(13)20)7-11(18)19/h4-6H,3,7H2,1-2H3,(H,18,19). The van der Waals surface area contributed by atoms with Crippen LogP contribution in [0.25, 0.3) is 20.7 Å². The quantitative estimate of drug-likeness (QED) is 0.795. The monoisotopic (exact) mass is 334 g/mol. The van der Waals surface area contributed by atoms with Crippen LogP contribution in [-0.2, 0) is 17.8 Å². The first-order chi connectivity index (χ1) is 10.5. The molecular weight excluding hydrogens is 320 g/mol. The molecule has 0 radical (unpaired) electrons. The molecule has 0 amide bonds. The second kappa shape index (κ2) is 5.66. The Morgan fingerprint density at radius 2 is 2.23 bits per heavy atom. The molecule has 3 rings (SSSR count). The van der Waals surface area contributed by atoms with Crippen molar-refractivity contribution in [1.29, 1.82) is 0 Å². The summed E-state index contributed by atoms with van der Waals surface area (Å²) < 4.78 is 1.23. The van der Waals surface area contributed by atoms with Gasteiger partial charge in [0.15, 0.2) is 0 Å². The van der Waals surface area contributed by atoms with Crippen LogP contribution in [0.2, 0.25) is 0 Å². The van der Waals surface area contributed by atoms with Crippen LogP contribution in [0, 0.1) is 6.92 Å². The molecule has 0 aliphatic rings. The Labute approximate surface area is 134 Å². The van der Waals surface area contributed by atoms with Crippen molar-refractivity contribution in [3.63, 3.8) is 0 Å². The zero-order valence-electron chi connectivity index (χ0n) is 12.1. The summed E-state index contributed by atoms with van der Waals surface area (Å²) in [6.45, 7) is 3.35. The van der Waals surface area contributed by atoms with Crippen molar-refractivity contribution in [1.82, 2.24) is 9.55 Å². The Hall–Kier alpha value is -1.99. The van der Waals surface area contributed by atoms with Gasteiger partial charge >= 0.3 is 5.97 Å². The fourth-order valence-corrected chi connectivity index (χ4v) is 4.51. The number of hydrogen-bond acceptors (Lipinski definition) is 5. The number of rotatable bonds is 4. The lowest BCUT2D eigenvalue weighted by Gasteiger charge is -2.07. The molecule has 0 saturated carbocycles. The minimum Gasteiger partial charge on any atom is -0.480 e. The van der Waals surface area contributed by atoms with E-state index in [9.17, 15) is 9.59 Å². The minimum absolute atomic E-state index is 0.274. The fraction of sp³-hybridized carbons (Fsp3) is 0.267. The van der Waals surface area contributed by atoms with Gasteiger partial charge in [-0.05, 0) is 24.8 Å². The first kappa shape index (κ1) is 14.9. The molecular formula is C15H14N2O3S2. The van der Waals surface area contributed by atoms with Crippen molar-refractivity contribution in [3.05, 3.63) is 38.6 Å². The van der Waals surface area contributed by atoms with E-state index in [0.717, 1.165) is 21.7 Å². The third-order valence-electron chi connectivity index (χ3n) is 3.46. The normalized spacial score (nSPS) is 11.2. The number of hydrogen-bond donors (Lipinski definition) is 1. The molecule has 0 atom stereocenters. The molecule has 0 aromatic carbocycles. The smallest absolute Gasteiger partial charge is 0.323 e. The van der Waals surface area contributed by atoms with E-state index in [1.807, 2.05) is 24.4 Å². The predicted molar refractivity (Wildman–Crippen MR) is 88.9 cm³/mol. The summed E-state index contributed by atoms with van der Waals surface area (Å²) in [5, 5.41) is 11.5. The van der Waals surface area contributed by atoms with Gasteiger partial charge < -0.3 is 5.11 Å². The summed E-state index contributed by atoms with van der Waals surface area (Å²) in [4.78, 5) is 31.1.